The van der Waals surface area contributed by atoms with Crippen molar-refractivity contribution in [1.29, 1.82) is 0 Å². The summed E-state index contributed by atoms with van der Waals surface area (Å²) in [5.41, 5.74) is 12.1. The molecule has 3 amide bonds. The third-order valence-electron chi connectivity index (χ3n) is 1.40. The van der Waals surface area contributed by atoms with Gasteiger partial charge in [-0.15, -0.1) is 0 Å². The van der Waals surface area contributed by atoms with Crippen molar-refractivity contribution in [2.75, 3.05) is 0 Å². The predicted octanol–water partition coefficient (Wildman–Crippen LogP) is -0.848. The molecule has 12 heavy (non-hydrogen) atoms. The van der Waals surface area contributed by atoms with Crippen molar-refractivity contribution in [3.63, 3.8) is 0 Å². The molecule has 68 valence electrons. The molecule has 0 saturated heterocycles. The Labute approximate surface area is 70.0 Å². The maximum atomic E-state index is 10.6. The number of nitrogens with one attached hydrogen (secondary N) is 1. The molecule has 0 aliphatic heterocycles. The SMILES string of the molecule is C/C(=N/NC(N)=O)C(C)C(N)=O. The summed E-state index contributed by atoms with van der Waals surface area (Å²) in [6, 6.07) is -0.772. The Morgan fingerprint density at radius 2 is 1.92 bits per heavy atom. The summed E-state index contributed by atoms with van der Waals surface area (Å²) in [4.78, 5) is 20.8. The normalized spacial score (nSPS) is 13.7. The Morgan fingerprint density at radius 3 is 2.25 bits per heavy atom. The maximum Gasteiger partial charge on any atom is 0.332 e. The first-order valence-corrected chi connectivity index (χ1v) is 3.34. The lowest BCUT2D eigenvalue weighted by atomic mass is 10.1. The van der Waals surface area contributed by atoms with Crippen molar-refractivity contribution in [1.82, 2.24) is 5.43 Å². The minimum Gasteiger partial charge on any atom is -0.369 e. The van der Waals surface area contributed by atoms with Gasteiger partial charge in [0.25, 0.3) is 0 Å². The van der Waals surface area contributed by atoms with Crippen LogP contribution in [0.3, 0.4) is 0 Å². The van der Waals surface area contributed by atoms with Gasteiger partial charge in [0.1, 0.15) is 0 Å². The average Bonchev–Trinajstić information content (AvgIpc) is 1.98. The van der Waals surface area contributed by atoms with Crippen LogP contribution in [0.15, 0.2) is 5.10 Å². The van der Waals surface area contributed by atoms with Gasteiger partial charge in [-0.1, -0.05) is 0 Å². The highest BCUT2D eigenvalue weighted by Crippen LogP contribution is 1.95. The van der Waals surface area contributed by atoms with E-state index in [-0.39, 0.29) is 0 Å². The summed E-state index contributed by atoms with van der Waals surface area (Å²) in [6.45, 7) is 3.16. The van der Waals surface area contributed by atoms with E-state index in [2.05, 4.69) is 5.10 Å². The van der Waals surface area contributed by atoms with Gasteiger partial charge in [0, 0.05) is 5.71 Å². The fourth-order valence-corrected chi connectivity index (χ4v) is 0.446. The van der Waals surface area contributed by atoms with E-state index in [1.165, 1.54) is 0 Å². The zero-order valence-electron chi connectivity index (χ0n) is 7.00. The summed E-state index contributed by atoms with van der Waals surface area (Å²) >= 11 is 0. The lowest BCUT2D eigenvalue weighted by Crippen LogP contribution is -2.30. The summed E-state index contributed by atoms with van der Waals surface area (Å²) in [5, 5.41) is 3.54. The second-order valence-corrected chi connectivity index (χ2v) is 2.35. The van der Waals surface area contributed by atoms with Gasteiger partial charge in [-0.25, -0.2) is 10.2 Å². The second-order valence-electron chi connectivity index (χ2n) is 2.35. The molecule has 1 atom stereocenters. The minimum atomic E-state index is -0.772. The number of carbonyl (C=O) groups is 2. The Bertz CT molecular complexity index is 224. The van der Waals surface area contributed by atoms with Crippen molar-refractivity contribution in [2.24, 2.45) is 22.5 Å². The van der Waals surface area contributed by atoms with E-state index in [0.29, 0.717) is 5.71 Å². The zero-order valence-corrected chi connectivity index (χ0v) is 7.00. The first-order chi connectivity index (χ1) is 5.45. The fraction of sp³-hybridized carbons (Fsp3) is 0.500. The Kier molecular flexibility index (Phi) is 3.75. The molecule has 5 N–H and O–H groups in total. The van der Waals surface area contributed by atoms with Crippen LogP contribution in [0.2, 0.25) is 0 Å². The number of urea groups is 1. The van der Waals surface area contributed by atoms with Crippen molar-refractivity contribution in [3.05, 3.63) is 0 Å². The first kappa shape index (κ1) is 10.4. The molecule has 0 bridgehead atoms. The molecule has 0 aliphatic carbocycles. The van der Waals surface area contributed by atoms with Gasteiger partial charge < -0.3 is 11.5 Å². The van der Waals surface area contributed by atoms with Crippen molar-refractivity contribution in [2.45, 2.75) is 13.8 Å². The molecule has 0 rings (SSSR count). The lowest BCUT2D eigenvalue weighted by Gasteiger charge is -2.05. The summed E-state index contributed by atoms with van der Waals surface area (Å²) in [5.74, 6) is -1.00. The van der Waals surface area contributed by atoms with Gasteiger partial charge in [-0.3, -0.25) is 4.79 Å². The Balaban J connectivity index is 4.17. The molecule has 0 spiro atoms. The van der Waals surface area contributed by atoms with Gasteiger partial charge in [0.2, 0.25) is 5.91 Å². The molecule has 0 heterocycles. The van der Waals surface area contributed by atoms with E-state index in [9.17, 15) is 9.59 Å². The van der Waals surface area contributed by atoms with Crippen LogP contribution in [0.1, 0.15) is 13.8 Å². The molecule has 0 radical (unpaired) electrons. The third-order valence-corrected chi connectivity index (χ3v) is 1.40. The predicted molar refractivity (Wildman–Crippen MR) is 44.2 cm³/mol. The van der Waals surface area contributed by atoms with Crippen molar-refractivity contribution >= 4 is 17.6 Å². The number of carbonyl (C=O) groups excluding carboxylic acids is 2. The van der Waals surface area contributed by atoms with Crippen LogP contribution in [-0.4, -0.2) is 17.6 Å². The van der Waals surface area contributed by atoms with Crippen LogP contribution in [0.5, 0.6) is 0 Å². The topological polar surface area (TPSA) is 111 Å². The molecule has 0 aromatic rings. The van der Waals surface area contributed by atoms with Gasteiger partial charge in [0.15, 0.2) is 0 Å². The van der Waals surface area contributed by atoms with Crippen LogP contribution in [0.4, 0.5) is 4.79 Å². The quantitative estimate of drug-likeness (QED) is 0.380. The molecule has 1 unspecified atom stereocenters. The Hall–Kier alpha value is -1.59. The Morgan fingerprint density at radius 1 is 1.42 bits per heavy atom. The fourth-order valence-electron chi connectivity index (χ4n) is 0.446. The largest absolute Gasteiger partial charge is 0.369 e. The van der Waals surface area contributed by atoms with E-state index in [1.54, 1.807) is 13.8 Å². The summed E-state index contributed by atoms with van der Waals surface area (Å²) in [7, 11) is 0. The molecule has 6 nitrogen and oxygen atoms in total. The minimum absolute atomic E-state index is 0.418. The van der Waals surface area contributed by atoms with E-state index in [1.807, 2.05) is 5.43 Å². The van der Waals surface area contributed by atoms with E-state index >= 15 is 0 Å². The average molecular weight is 172 g/mol. The monoisotopic (exact) mass is 172 g/mol. The molecular formula is C6H12N4O2. The second kappa shape index (κ2) is 4.32. The molecule has 0 aromatic heterocycles. The lowest BCUT2D eigenvalue weighted by molar-refractivity contribution is -0.119. The number of hydrogen-bond donors (Lipinski definition) is 3. The van der Waals surface area contributed by atoms with Crippen molar-refractivity contribution in [3.8, 4) is 0 Å². The van der Waals surface area contributed by atoms with Crippen LogP contribution >= 0.6 is 0 Å². The first-order valence-electron chi connectivity index (χ1n) is 3.34. The zero-order chi connectivity index (χ0) is 9.72. The number of nitrogens with two attached hydrogens (primary N) is 2. The van der Waals surface area contributed by atoms with Crippen LogP contribution in [0, 0.1) is 5.92 Å². The number of nitrogens with zero attached hydrogens (tertiary/aromatic N) is 1. The van der Waals surface area contributed by atoms with Gasteiger partial charge >= 0.3 is 6.03 Å². The van der Waals surface area contributed by atoms with Gasteiger partial charge in [-0.05, 0) is 13.8 Å². The molecular weight excluding hydrogens is 160 g/mol. The maximum absolute atomic E-state index is 10.6. The molecule has 0 fully saturated rings. The summed E-state index contributed by atoms with van der Waals surface area (Å²) in [6.07, 6.45) is 0. The van der Waals surface area contributed by atoms with Crippen LogP contribution in [0.25, 0.3) is 0 Å². The standard InChI is InChI=1S/C6H12N4O2/c1-3(5(7)11)4(2)9-10-6(8)12/h3H,1-2H3,(H2,7,11)(H3,8,10,12)/b9-4-. The van der Waals surface area contributed by atoms with Crippen LogP contribution in [-0.2, 0) is 4.79 Å². The van der Waals surface area contributed by atoms with Gasteiger partial charge in [-0.2, -0.15) is 5.10 Å². The highest BCUT2D eigenvalue weighted by atomic mass is 16.2. The van der Waals surface area contributed by atoms with Gasteiger partial charge in [0.05, 0.1) is 5.92 Å². The number of hydrogen-bond acceptors (Lipinski definition) is 3. The number of hydrazone groups is 1. The third kappa shape index (κ3) is 3.55. The van der Waals surface area contributed by atoms with Crippen LogP contribution < -0.4 is 16.9 Å². The molecule has 0 aromatic carbocycles. The summed E-state index contributed by atoms with van der Waals surface area (Å²) < 4.78 is 0. The van der Waals surface area contributed by atoms with Crippen molar-refractivity contribution < 1.29 is 9.59 Å². The van der Waals surface area contributed by atoms with E-state index in [0.717, 1.165) is 0 Å². The van der Waals surface area contributed by atoms with E-state index in [4.69, 9.17) is 11.5 Å². The highest BCUT2D eigenvalue weighted by molar-refractivity contribution is 6.02. The molecule has 0 saturated carbocycles. The molecule has 6 heteroatoms. The highest BCUT2D eigenvalue weighted by Gasteiger charge is 2.11. The number of primary amides is 2. The number of amides is 3. The van der Waals surface area contributed by atoms with E-state index < -0.39 is 17.9 Å². The molecule has 0 aliphatic rings. The number of rotatable bonds is 3. The smallest absolute Gasteiger partial charge is 0.332 e.